The molecule has 0 saturated carbocycles. The molecule has 0 atom stereocenters. The standard InChI is InChI=1S/4C8H11.2C2H6Si.2BrH.2Hf/c4*1-7(2)8-5-3-4-6-8;2*1-3-2;;;;/h4*3,5,7H,4H2,1-2H3;2*1-2H3;2*1H;;/q4*-1;;;;;2*+2. The van der Waals surface area contributed by atoms with Crippen molar-refractivity contribution >= 4 is 45.0 Å². The predicted molar refractivity (Wildman–Crippen MR) is 197 cm³/mol. The number of hydrogen-bond acceptors (Lipinski definition) is 0. The van der Waals surface area contributed by atoms with Crippen molar-refractivity contribution in [2.75, 3.05) is 0 Å². The van der Waals surface area contributed by atoms with Gasteiger partial charge < -0.3 is 0 Å². The van der Waals surface area contributed by atoms with E-state index in [1.54, 1.807) is 0 Å². The molecule has 0 aromatic heterocycles. The molecule has 6 heteroatoms. The molecule has 0 fully saturated rings. The van der Waals surface area contributed by atoms with Crippen LogP contribution in [-0.4, -0.2) is 11.0 Å². The molecule has 0 heterocycles. The first-order chi connectivity index (χ1) is 18.7. The van der Waals surface area contributed by atoms with E-state index < -0.39 is 0 Å². The minimum atomic E-state index is 0. The molecule has 0 aromatic rings. The zero-order chi connectivity index (χ0) is 31.1. The Balaban J connectivity index is -0.000000209. The fourth-order valence-corrected chi connectivity index (χ4v) is 3.27. The number of hydrogen-bond donors (Lipinski definition) is 0. The van der Waals surface area contributed by atoms with Gasteiger partial charge in [0.25, 0.3) is 0 Å². The summed E-state index contributed by atoms with van der Waals surface area (Å²) in [4.78, 5) is 0. The van der Waals surface area contributed by atoms with Crippen molar-refractivity contribution in [3.63, 3.8) is 0 Å². The van der Waals surface area contributed by atoms with Crippen molar-refractivity contribution in [1.29, 1.82) is 0 Å². The van der Waals surface area contributed by atoms with Gasteiger partial charge >= 0.3 is 83.2 Å². The first-order valence-corrected chi connectivity index (χ1v) is 30.6. The van der Waals surface area contributed by atoms with Crippen molar-refractivity contribution < 1.29 is 46.0 Å². The third kappa shape index (κ3) is 32.4. The van der Waals surface area contributed by atoms with E-state index in [1.165, 1.54) is 68.3 Å². The third-order valence-electron chi connectivity index (χ3n) is 5.37. The van der Waals surface area contributed by atoms with Crippen molar-refractivity contribution in [2.24, 2.45) is 23.7 Å². The summed E-state index contributed by atoms with van der Waals surface area (Å²) in [6.07, 6.45) is 34.4. The van der Waals surface area contributed by atoms with E-state index in [2.05, 4.69) is 154 Å². The summed E-state index contributed by atoms with van der Waals surface area (Å²) in [6, 6.07) is 0. The van der Waals surface area contributed by atoms with Crippen LogP contribution in [0.3, 0.4) is 0 Å². The van der Waals surface area contributed by atoms with Gasteiger partial charge in [-0.1, -0.05) is 79.1 Å². The van der Waals surface area contributed by atoms with E-state index in [4.69, 9.17) is 0 Å². The normalized spacial score (nSPS) is 14.8. The Kier molecular flexibility index (Phi) is 38.1. The molecular formula is C36H58Br2Hf2Si2. The summed E-state index contributed by atoms with van der Waals surface area (Å²) in [5, 5.41) is 0. The molecular weight excluding hydrogens is 1010 g/mol. The van der Waals surface area contributed by atoms with Crippen molar-refractivity contribution in [3.05, 3.63) is 95.2 Å². The summed E-state index contributed by atoms with van der Waals surface area (Å²) in [6.45, 7) is 26.9. The molecule has 4 aliphatic carbocycles. The van der Waals surface area contributed by atoms with E-state index in [9.17, 15) is 0 Å². The number of rotatable bonds is 4. The first-order valence-electron chi connectivity index (χ1n) is 14.8. The van der Waals surface area contributed by atoms with Crippen molar-refractivity contribution in [3.8, 4) is 0 Å². The van der Waals surface area contributed by atoms with Crippen LogP contribution < -0.4 is 0 Å². The van der Waals surface area contributed by atoms with Gasteiger partial charge in [0, 0.05) is 0 Å². The Morgan fingerprint density at radius 3 is 0.643 bits per heavy atom. The Labute approximate surface area is 313 Å². The van der Waals surface area contributed by atoms with Crippen LogP contribution in [0.25, 0.3) is 0 Å². The third-order valence-corrected chi connectivity index (χ3v) is 5.37. The van der Waals surface area contributed by atoms with Crippen LogP contribution in [0.4, 0.5) is 0 Å². The quantitative estimate of drug-likeness (QED) is 0.194. The summed E-state index contributed by atoms with van der Waals surface area (Å²) in [7, 11) is 0. The van der Waals surface area contributed by atoms with Crippen LogP contribution in [0.15, 0.2) is 70.9 Å². The molecule has 4 aliphatic rings. The van der Waals surface area contributed by atoms with E-state index in [0.717, 1.165) is 25.7 Å². The Hall–Kier alpha value is 1.05. The predicted octanol–water partition coefficient (Wildman–Crippen LogP) is 12.1. The van der Waals surface area contributed by atoms with Crippen LogP contribution in [0.5, 0.6) is 0 Å². The van der Waals surface area contributed by atoms with Gasteiger partial charge in [-0.05, 0) is 0 Å². The topological polar surface area (TPSA) is 0 Å². The number of halogens is 2. The molecule has 0 N–H and O–H groups in total. The summed E-state index contributed by atoms with van der Waals surface area (Å²) >= 11 is 2.90. The Morgan fingerprint density at radius 1 is 0.452 bits per heavy atom. The van der Waals surface area contributed by atoms with Crippen LogP contribution in [0, 0.1) is 48.0 Å². The van der Waals surface area contributed by atoms with Gasteiger partial charge in [0.2, 0.25) is 0 Å². The summed E-state index contributed by atoms with van der Waals surface area (Å²) in [5.74, 6) is 2.64. The SMILES string of the molecule is Br.Br.CC(C)C1=[C-]CC=C1.CC(C)C1=[C-]CC=C1.CC(C)C1=[C-]CC=C1.CC(C)C1=[C-]CC=C1.C[Si](C)=[Hf+2].C[Si](C)=[Hf+2]. The maximum absolute atomic E-state index is 3.26. The minimum absolute atomic E-state index is 0. The molecule has 0 aliphatic heterocycles. The molecule has 0 unspecified atom stereocenters. The van der Waals surface area contributed by atoms with Gasteiger partial charge in [-0.2, -0.15) is 24.3 Å². The molecule has 0 amide bonds. The zero-order valence-corrected chi connectivity index (χ0v) is 41.2. The second kappa shape index (κ2) is 32.0. The van der Waals surface area contributed by atoms with Gasteiger partial charge in [0.05, 0.1) is 0 Å². The fraction of sp³-hybridized carbons (Fsp3) is 0.556. The van der Waals surface area contributed by atoms with E-state index in [0.29, 0.717) is 23.7 Å². The van der Waals surface area contributed by atoms with Crippen LogP contribution in [-0.2, 0) is 46.0 Å². The Bertz CT molecular complexity index is 834. The molecule has 0 nitrogen and oxygen atoms in total. The molecule has 4 rings (SSSR count). The molecule has 0 radical (unpaired) electrons. The molecule has 42 heavy (non-hydrogen) atoms. The summed E-state index contributed by atoms with van der Waals surface area (Å²) in [5.41, 5.74) is 5.98. The van der Waals surface area contributed by atoms with Gasteiger partial charge in [0.15, 0.2) is 0 Å². The van der Waals surface area contributed by atoms with E-state index >= 15 is 0 Å². The van der Waals surface area contributed by atoms with Crippen molar-refractivity contribution in [1.82, 2.24) is 0 Å². The molecule has 0 spiro atoms. The summed E-state index contributed by atoms with van der Waals surface area (Å²) < 4.78 is 0. The van der Waals surface area contributed by atoms with E-state index in [-0.39, 0.29) is 45.0 Å². The molecule has 0 aromatic carbocycles. The Morgan fingerprint density at radius 2 is 0.595 bits per heavy atom. The maximum atomic E-state index is 3.26. The van der Waals surface area contributed by atoms with Crippen molar-refractivity contribution in [2.45, 2.75) is 107 Å². The first kappa shape index (κ1) is 49.9. The molecule has 0 saturated heterocycles. The van der Waals surface area contributed by atoms with E-state index in [1.807, 2.05) is 0 Å². The second-order valence-electron chi connectivity index (χ2n) is 11.6. The monoisotopic (exact) mass is 1060 g/mol. The average Bonchev–Trinajstić information content (AvgIpc) is 3.68. The molecule has 232 valence electrons. The van der Waals surface area contributed by atoms with Gasteiger partial charge in [-0.3, -0.25) is 24.3 Å². The van der Waals surface area contributed by atoms with Gasteiger partial charge in [-0.15, -0.1) is 59.6 Å². The second-order valence-corrected chi connectivity index (χ2v) is 37.1. The number of allylic oxidation sites excluding steroid dienone is 16. The molecule has 0 bridgehead atoms. The van der Waals surface area contributed by atoms with Gasteiger partial charge in [0.1, 0.15) is 0 Å². The average molecular weight is 1060 g/mol. The van der Waals surface area contributed by atoms with Gasteiger partial charge in [-0.25, -0.2) is 46.6 Å². The van der Waals surface area contributed by atoms with Crippen LogP contribution in [0.2, 0.25) is 26.2 Å². The van der Waals surface area contributed by atoms with Crippen LogP contribution >= 0.6 is 34.0 Å². The zero-order valence-electron chi connectivity index (χ0n) is 28.6. The van der Waals surface area contributed by atoms with Crippen LogP contribution in [0.1, 0.15) is 81.1 Å². The fourth-order valence-electron chi connectivity index (χ4n) is 3.27.